The van der Waals surface area contributed by atoms with E-state index < -0.39 is 0 Å². The van der Waals surface area contributed by atoms with Crippen LogP contribution >= 0.6 is 0 Å². The fourth-order valence-electron chi connectivity index (χ4n) is 2.53. The highest BCUT2D eigenvalue weighted by molar-refractivity contribution is 5.92. The summed E-state index contributed by atoms with van der Waals surface area (Å²) in [4.78, 5) is 27.6. The summed E-state index contributed by atoms with van der Waals surface area (Å²) >= 11 is 0. The molecule has 0 spiro atoms. The van der Waals surface area contributed by atoms with Crippen LogP contribution < -0.4 is 4.90 Å². The summed E-state index contributed by atoms with van der Waals surface area (Å²) in [5, 5.41) is 0. The molecule has 2 amide bonds. The van der Waals surface area contributed by atoms with Crippen molar-refractivity contribution in [1.82, 2.24) is 4.90 Å². The van der Waals surface area contributed by atoms with Crippen molar-refractivity contribution in [2.24, 2.45) is 0 Å². The third-order valence-corrected chi connectivity index (χ3v) is 4.25. The second-order valence-corrected chi connectivity index (χ2v) is 7.39. The summed E-state index contributed by atoms with van der Waals surface area (Å²) in [6.45, 7) is 11.3. The van der Waals surface area contributed by atoms with Crippen LogP contribution in [0.15, 0.2) is 24.3 Å². The molecule has 4 heteroatoms. The largest absolute Gasteiger partial charge is 0.346 e. The number of anilines is 1. The Balaban J connectivity index is 2.74. The molecule has 0 N–H and O–H groups in total. The Morgan fingerprint density at radius 2 is 1.62 bits per heavy atom. The molecule has 0 aliphatic carbocycles. The molecule has 0 aliphatic heterocycles. The molecule has 4 nitrogen and oxygen atoms in total. The van der Waals surface area contributed by atoms with Gasteiger partial charge >= 0.3 is 0 Å². The van der Waals surface area contributed by atoms with Crippen LogP contribution in [0.1, 0.15) is 59.4 Å². The van der Waals surface area contributed by atoms with Gasteiger partial charge in [0.2, 0.25) is 11.8 Å². The second kappa shape index (κ2) is 8.86. The van der Waals surface area contributed by atoms with Crippen LogP contribution in [-0.4, -0.2) is 36.9 Å². The topological polar surface area (TPSA) is 40.6 Å². The van der Waals surface area contributed by atoms with E-state index in [9.17, 15) is 9.59 Å². The number of hydrogen-bond acceptors (Lipinski definition) is 2. The molecule has 0 aromatic heterocycles. The molecule has 1 aromatic carbocycles. The van der Waals surface area contributed by atoms with Crippen molar-refractivity contribution in [1.29, 1.82) is 0 Å². The fraction of sp³-hybridized carbons (Fsp3) is 0.600. The highest BCUT2D eigenvalue weighted by Crippen LogP contribution is 2.25. The van der Waals surface area contributed by atoms with Gasteiger partial charge in [-0.15, -0.1) is 0 Å². The van der Waals surface area contributed by atoms with Crippen LogP contribution in [0.4, 0.5) is 5.69 Å². The number of carbonyl (C=O) groups excluding carboxylic acids is 2. The van der Waals surface area contributed by atoms with Gasteiger partial charge in [0.05, 0.1) is 0 Å². The zero-order valence-electron chi connectivity index (χ0n) is 16.1. The minimum absolute atomic E-state index is 0.0393. The van der Waals surface area contributed by atoms with E-state index in [-0.39, 0.29) is 17.2 Å². The molecular weight excluding hydrogens is 300 g/mol. The number of benzene rings is 1. The Hall–Kier alpha value is -1.84. The molecule has 0 heterocycles. The van der Waals surface area contributed by atoms with Gasteiger partial charge in [-0.05, 0) is 29.5 Å². The molecule has 24 heavy (non-hydrogen) atoms. The molecule has 0 saturated heterocycles. The minimum atomic E-state index is -0.0393. The highest BCUT2D eigenvalue weighted by atomic mass is 16.2. The summed E-state index contributed by atoms with van der Waals surface area (Å²) in [7, 11) is 1.83. The van der Waals surface area contributed by atoms with Crippen molar-refractivity contribution in [2.75, 3.05) is 25.0 Å². The number of amides is 2. The Kier molecular flexibility index (Phi) is 7.46. The predicted molar refractivity (Wildman–Crippen MR) is 100 cm³/mol. The second-order valence-electron chi connectivity index (χ2n) is 7.39. The number of unbranched alkanes of at least 4 members (excludes halogenated alkanes) is 1. The molecule has 134 valence electrons. The number of hydrogen-bond donors (Lipinski definition) is 0. The fourth-order valence-corrected chi connectivity index (χ4v) is 2.53. The van der Waals surface area contributed by atoms with Crippen LogP contribution in [0.5, 0.6) is 0 Å². The molecule has 0 atom stereocenters. The molecule has 0 fully saturated rings. The summed E-state index contributed by atoms with van der Waals surface area (Å²) < 4.78 is 0. The van der Waals surface area contributed by atoms with Crippen LogP contribution in [0.25, 0.3) is 0 Å². The maximum atomic E-state index is 12.2. The lowest BCUT2D eigenvalue weighted by Crippen LogP contribution is -2.35. The van der Waals surface area contributed by atoms with E-state index in [1.165, 1.54) is 5.56 Å². The maximum Gasteiger partial charge on any atom is 0.224 e. The van der Waals surface area contributed by atoms with E-state index in [0.29, 0.717) is 13.0 Å². The molecule has 0 unspecified atom stereocenters. The van der Waals surface area contributed by atoms with Crippen LogP contribution in [0.3, 0.4) is 0 Å². The van der Waals surface area contributed by atoms with Gasteiger partial charge in [0.25, 0.3) is 0 Å². The first-order valence-electron chi connectivity index (χ1n) is 8.79. The number of nitrogens with zero attached hydrogens (tertiary/aromatic N) is 2. The maximum absolute atomic E-state index is 12.2. The Bertz CT molecular complexity index is 544. The zero-order valence-corrected chi connectivity index (χ0v) is 16.1. The summed E-state index contributed by atoms with van der Waals surface area (Å²) in [6, 6.07) is 8.04. The van der Waals surface area contributed by atoms with E-state index >= 15 is 0 Å². The van der Waals surface area contributed by atoms with E-state index in [1.54, 1.807) is 16.7 Å². The molecule has 0 aliphatic rings. The highest BCUT2D eigenvalue weighted by Gasteiger charge is 2.17. The third-order valence-electron chi connectivity index (χ3n) is 4.25. The SMILES string of the molecule is CCCCN(C)C(=O)CCN(C(C)=O)c1ccc(C(C)(C)C)cc1. The van der Waals surface area contributed by atoms with Crippen molar-refractivity contribution < 1.29 is 9.59 Å². The van der Waals surface area contributed by atoms with E-state index in [4.69, 9.17) is 0 Å². The van der Waals surface area contributed by atoms with Crippen molar-refractivity contribution in [2.45, 2.75) is 59.3 Å². The minimum Gasteiger partial charge on any atom is -0.346 e. The van der Waals surface area contributed by atoms with E-state index in [2.05, 4.69) is 39.8 Å². The van der Waals surface area contributed by atoms with Crippen molar-refractivity contribution >= 4 is 17.5 Å². The third kappa shape index (κ3) is 5.99. The molecule has 0 bridgehead atoms. The van der Waals surface area contributed by atoms with Gasteiger partial charge in [-0.1, -0.05) is 46.2 Å². The number of carbonyl (C=O) groups is 2. The molecule has 1 rings (SSSR count). The molecule has 1 aromatic rings. The van der Waals surface area contributed by atoms with Gasteiger partial charge in [-0.25, -0.2) is 0 Å². The quantitative estimate of drug-likeness (QED) is 0.757. The lowest BCUT2D eigenvalue weighted by molar-refractivity contribution is -0.129. The number of rotatable bonds is 7. The Labute approximate surface area is 146 Å². The lowest BCUT2D eigenvalue weighted by Gasteiger charge is -2.25. The Morgan fingerprint density at radius 1 is 1.04 bits per heavy atom. The van der Waals surface area contributed by atoms with Crippen molar-refractivity contribution in [3.8, 4) is 0 Å². The zero-order chi connectivity index (χ0) is 18.3. The Morgan fingerprint density at radius 3 is 2.08 bits per heavy atom. The summed E-state index contributed by atoms with van der Waals surface area (Å²) in [5.74, 6) is 0.0449. The first-order chi connectivity index (χ1) is 11.2. The predicted octanol–water partition coefficient (Wildman–Crippen LogP) is 3.99. The van der Waals surface area contributed by atoms with Crippen LogP contribution in [0.2, 0.25) is 0 Å². The molecular formula is C20H32N2O2. The smallest absolute Gasteiger partial charge is 0.224 e. The molecule has 0 radical (unpaired) electrons. The van der Waals surface area contributed by atoms with Gasteiger partial charge in [0, 0.05) is 39.2 Å². The van der Waals surface area contributed by atoms with E-state index in [1.807, 2.05) is 19.2 Å². The van der Waals surface area contributed by atoms with Gasteiger partial charge < -0.3 is 9.80 Å². The summed E-state index contributed by atoms with van der Waals surface area (Å²) in [5.41, 5.74) is 2.15. The van der Waals surface area contributed by atoms with Gasteiger partial charge in [0.1, 0.15) is 0 Å². The average molecular weight is 332 g/mol. The van der Waals surface area contributed by atoms with Crippen molar-refractivity contribution in [3.05, 3.63) is 29.8 Å². The normalized spacial score (nSPS) is 11.2. The standard InChI is InChI=1S/C20H32N2O2/c1-7-8-14-21(6)19(24)13-15-22(16(2)23)18-11-9-17(10-12-18)20(3,4)5/h9-12H,7-8,13-15H2,1-6H3. The summed E-state index contributed by atoms with van der Waals surface area (Å²) in [6.07, 6.45) is 2.42. The van der Waals surface area contributed by atoms with Crippen LogP contribution in [0, 0.1) is 0 Å². The average Bonchev–Trinajstić information content (AvgIpc) is 2.51. The van der Waals surface area contributed by atoms with Crippen LogP contribution in [-0.2, 0) is 15.0 Å². The van der Waals surface area contributed by atoms with Gasteiger partial charge in [-0.3, -0.25) is 9.59 Å². The van der Waals surface area contributed by atoms with Gasteiger partial charge in [-0.2, -0.15) is 0 Å². The van der Waals surface area contributed by atoms with Gasteiger partial charge in [0.15, 0.2) is 0 Å². The molecule has 0 saturated carbocycles. The van der Waals surface area contributed by atoms with Crippen molar-refractivity contribution in [3.63, 3.8) is 0 Å². The first-order valence-corrected chi connectivity index (χ1v) is 8.79. The lowest BCUT2D eigenvalue weighted by atomic mass is 9.87. The van der Waals surface area contributed by atoms with E-state index in [0.717, 1.165) is 25.1 Å². The first kappa shape index (κ1) is 20.2. The monoisotopic (exact) mass is 332 g/mol.